The van der Waals surface area contributed by atoms with E-state index in [0.717, 1.165) is 16.8 Å². The third-order valence-electron chi connectivity index (χ3n) is 5.93. The Kier molecular flexibility index (Phi) is 6.27. The first-order chi connectivity index (χ1) is 16.9. The van der Waals surface area contributed by atoms with E-state index in [1.807, 2.05) is 42.5 Å². The van der Waals surface area contributed by atoms with Crippen molar-refractivity contribution in [2.24, 2.45) is 0 Å². The van der Waals surface area contributed by atoms with Gasteiger partial charge in [-0.05, 0) is 53.2 Å². The molecule has 4 aromatic rings. The van der Waals surface area contributed by atoms with Gasteiger partial charge in [0.2, 0.25) is 10.0 Å². The predicted octanol–water partition coefficient (Wildman–Crippen LogP) is 4.30. The second-order valence-electron chi connectivity index (χ2n) is 8.22. The van der Waals surface area contributed by atoms with Crippen molar-refractivity contribution in [3.8, 4) is 5.75 Å². The van der Waals surface area contributed by atoms with Crippen molar-refractivity contribution in [3.63, 3.8) is 0 Å². The predicted molar refractivity (Wildman–Crippen MR) is 128 cm³/mol. The summed E-state index contributed by atoms with van der Waals surface area (Å²) in [6.45, 7) is 0.811. The van der Waals surface area contributed by atoms with E-state index in [4.69, 9.17) is 9.15 Å². The number of amides is 1. The largest absolute Gasteiger partial charge is 0.486 e. The molecule has 7 nitrogen and oxygen atoms in total. The van der Waals surface area contributed by atoms with Crippen molar-refractivity contribution in [2.45, 2.75) is 11.5 Å². The second kappa shape index (κ2) is 9.52. The second-order valence-corrected chi connectivity index (χ2v) is 10.2. The molecule has 1 fully saturated rings. The zero-order chi connectivity index (χ0) is 24.4. The molecule has 0 radical (unpaired) electrons. The summed E-state index contributed by atoms with van der Waals surface area (Å²) in [7, 11) is -3.83. The van der Waals surface area contributed by atoms with E-state index in [9.17, 15) is 17.6 Å². The Morgan fingerprint density at radius 3 is 2.43 bits per heavy atom. The first-order valence-electron chi connectivity index (χ1n) is 11.2. The van der Waals surface area contributed by atoms with Crippen LogP contribution in [0, 0.1) is 5.82 Å². The number of sulfonamides is 1. The van der Waals surface area contributed by atoms with Crippen LogP contribution in [0.3, 0.4) is 0 Å². The third kappa shape index (κ3) is 4.91. The summed E-state index contributed by atoms with van der Waals surface area (Å²) in [5.41, 5.74) is 0. The van der Waals surface area contributed by atoms with Gasteiger partial charge in [0.05, 0.1) is 4.90 Å². The van der Waals surface area contributed by atoms with Crippen LogP contribution in [-0.4, -0.2) is 49.7 Å². The maximum atomic E-state index is 13.5. The van der Waals surface area contributed by atoms with Crippen LogP contribution in [0.2, 0.25) is 0 Å². The van der Waals surface area contributed by atoms with E-state index in [1.165, 1.54) is 22.5 Å². The first-order valence-corrected chi connectivity index (χ1v) is 12.6. The van der Waals surface area contributed by atoms with E-state index in [0.29, 0.717) is 11.5 Å². The number of ether oxygens (including phenoxy) is 1. The molecule has 0 bridgehead atoms. The van der Waals surface area contributed by atoms with Gasteiger partial charge in [0, 0.05) is 26.2 Å². The Hall–Kier alpha value is -3.69. The summed E-state index contributed by atoms with van der Waals surface area (Å²) in [4.78, 5) is 14.3. The quantitative estimate of drug-likeness (QED) is 0.399. The molecule has 2 heterocycles. The molecule has 0 N–H and O–H groups in total. The highest BCUT2D eigenvalue weighted by atomic mass is 32.2. The smallest absolute Gasteiger partial charge is 0.289 e. The van der Waals surface area contributed by atoms with Gasteiger partial charge in [-0.2, -0.15) is 4.31 Å². The van der Waals surface area contributed by atoms with Crippen molar-refractivity contribution >= 4 is 26.7 Å². The minimum atomic E-state index is -3.83. The number of carbonyl (C=O) groups excluding carboxylic acids is 1. The van der Waals surface area contributed by atoms with E-state index in [-0.39, 0.29) is 49.3 Å². The average Bonchev–Trinajstić information content (AvgIpc) is 3.36. The lowest BCUT2D eigenvalue weighted by molar-refractivity contribution is 0.0662. The lowest BCUT2D eigenvalue weighted by Crippen LogP contribution is -2.50. The molecular formula is C26H23FN2O5S. The molecule has 3 aromatic carbocycles. The van der Waals surface area contributed by atoms with Gasteiger partial charge in [-0.1, -0.05) is 36.4 Å². The Morgan fingerprint density at radius 1 is 0.886 bits per heavy atom. The van der Waals surface area contributed by atoms with Gasteiger partial charge in [0.25, 0.3) is 5.91 Å². The minimum absolute atomic E-state index is 0.0978. The number of furan rings is 1. The van der Waals surface area contributed by atoms with Crippen LogP contribution >= 0.6 is 0 Å². The molecule has 35 heavy (non-hydrogen) atoms. The van der Waals surface area contributed by atoms with Crippen LogP contribution in [0.25, 0.3) is 10.8 Å². The van der Waals surface area contributed by atoms with Crippen molar-refractivity contribution in [3.05, 3.63) is 96.2 Å². The molecule has 0 unspecified atom stereocenters. The lowest BCUT2D eigenvalue weighted by Gasteiger charge is -2.33. The van der Waals surface area contributed by atoms with E-state index < -0.39 is 15.8 Å². The molecule has 0 aliphatic carbocycles. The third-order valence-corrected chi connectivity index (χ3v) is 7.83. The maximum Gasteiger partial charge on any atom is 0.289 e. The molecule has 180 valence electrons. The summed E-state index contributed by atoms with van der Waals surface area (Å²) < 4.78 is 51.8. The van der Waals surface area contributed by atoms with Crippen LogP contribution in [0.1, 0.15) is 16.3 Å². The van der Waals surface area contributed by atoms with Crippen LogP contribution in [-0.2, 0) is 16.6 Å². The number of benzene rings is 3. The fourth-order valence-electron chi connectivity index (χ4n) is 4.05. The van der Waals surface area contributed by atoms with Gasteiger partial charge in [0.1, 0.15) is 23.9 Å². The number of nitrogens with zero attached hydrogens (tertiary/aromatic N) is 2. The summed E-state index contributed by atoms with van der Waals surface area (Å²) in [5.74, 6) is 0.448. The topological polar surface area (TPSA) is 80.1 Å². The van der Waals surface area contributed by atoms with E-state index in [1.54, 1.807) is 17.0 Å². The molecule has 5 rings (SSSR count). The summed E-state index contributed by atoms with van der Waals surface area (Å²) >= 11 is 0. The molecule has 1 aliphatic heterocycles. The van der Waals surface area contributed by atoms with Crippen LogP contribution < -0.4 is 4.74 Å². The number of rotatable bonds is 6. The average molecular weight is 495 g/mol. The lowest BCUT2D eigenvalue weighted by atomic mass is 10.1. The Balaban J connectivity index is 1.18. The molecule has 1 saturated heterocycles. The van der Waals surface area contributed by atoms with Crippen LogP contribution in [0.5, 0.6) is 5.75 Å². The fraction of sp³-hybridized carbons (Fsp3) is 0.192. The highest BCUT2D eigenvalue weighted by molar-refractivity contribution is 7.89. The number of halogens is 1. The Labute approximate surface area is 202 Å². The Bertz CT molecular complexity index is 1480. The molecule has 0 saturated carbocycles. The molecule has 0 spiro atoms. The van der Waals surface area contributed by atoms with Gasteiger partial charge < -0.3 is 14.1 Å². The standard InChI is InChI=1S/C26H23FN2O5S/c27-21-6-3-7-24(17-21)35(31,32)29-14-12-28(13-15-29)26(30)25-11-10-23(34-25)18-33-22-9-8-19-4-1-2-5-20(19)16-22/h1-11,16-17H,12-15,18H2. The molecular weight excluding hydrogens is 471 g/mol. The van der Waals surface area contributed by atoms with Gasteiger partial charge in [-0.25, -0.2) is 12.8 Å². The first kappa shape index (κ1) is 23.1. The normalized spacial score (nSPS) is 14.8. The van der Waals surface area contributed by atoms with Crippen molar-refractivity contribution in [1.82, 2.24) is 9.21 Å². The molecule has 1 amide bonds. The fourth-order valence-corrected chi connectivity index (χ4v) is 5.50. The van der Waals surface area contributed by atoms with Gasteiger partial charge in [0.15, 0.2) is 5.76 Å². The van der Waals surface area contributed by atoms with E-state index >= 15 is 0 Å². The Morgan fingerprint density at radius 2 is 1.66 bits per heavy atom. The van der Waals surface area contributed by atoms with Crippen molar-refractivity contribution in [2.75, 3.05) is 26.2 Å². The molecule has 1 aliphatic rings. The number of fused-ring (bicyclic) bond motifs is 1. The van der Waals surface area contributed by atoms with Gasteiger partial charge in [-0.3, -0.25) is 4.79 Å². The summed E-state index contributed by atoms with van der Waals surface area (Å²) in [6.07, 6.45) is 0. The highest BCUT2D eigenvalue weighted by Crippen LogP contribution is 2.23. The molecule has 9 heteroatoms. The summed E-state index contributed by atoms with van der Waals surface area (Å²) in [5, 5.41) is 2.19. The van der Waals surface area contributed by atoms with Crippen molar-refractivity contribution < 1.29 is 26.8 Å². The SMILES string of the molecule is O=C(c1ccc(COc2ccc3ccccc3c2)o1)N1CCN(S(=O)(=O)c2cccc(F)c2)CC1. The number of hydrogen-bond acceptors (Lipinski definition) is 5. The number of piperazine rings is 1. The number of hydrogen-bond donors (Lipinski definition) is 0. The zero-order valence-corrected chi connectivity index (χ0v) is 19.6. The summed E-state index contributed by atoms with van der Waals surface area (Å²) in [6, 6.07) is 22.0. The molecule has 0 atom stereocenters. The minimum Gasteiger partial charge on any atom is -0.486 e. The van der Waals surface area contributed by atoms with E-state index in [2.05, 4.69) is 0 Å². The van der Waals surface area contributed by atoms with Crippen LogP contribution in [0.15, 0.2) is 88.2 Å². The maximum absolute atomic E-state index is 13.5. The van der Waals surface area contributed by atoms with Gasteiger partial charge in [-0.15, -0.1) is 0 Å². The zero-order valence-electron chi connectivity index (χ0n) is 18.8. The highest BCUT2D eigenvalue weighted by Gasteiger charge is 2.31. The monoisotopic (exact) mass is 494 g/mol. The van der Waals surface area contributed by atoms with Gasteiger partial charge >= 0.3 is 0 Å². The van der Waals surface area contributed by atoms with Crippen LogP contribution in [0.4, 0.5) is 4.39 Å². The molecule has 1 aromatic heterocycles. The number of carbonyl (C=O) groups is 1. The van der Waals surface area contributed by atoms with Crippen molar-refractivity contribution in [1.29, 1.82) is 0 Å².